The molecule has 0 saturated heterocycles. The third kappa shape index (κ3) is 4.08. The van der Waals surface area contributed by atoms with E-state index in [4.69, 9.17) is 10.5 Å². The topological polar surface area (TPSA) is 38.5 Å². The van der Waals surface area contributed by atoms with E-state index in [2.05, 4.69) is 29.2 Å². The van der Waals surface area contributed by atoms with Gasteiger partial charge in [0.05, 0.1) is 6.61 Å². The number of nitrogens with zero attached hydrogens (tertiary/aromatic N) is 1. The Bertz CT molecular complexity index is 755. The van der Waals surface area contributed by atoms with Crippen LogP contribution < -0.4 is 10.5 Å². The molecule has 138 valence electrons. The summed E-state index contributed by atoms with van der Waals surface area (Å²) in [6.45, 7) is 4.69. The van der Waals surface area contributed by atoms with Crippen LogP contribution in [0.25, 0.3) is 0 Å². The minimum atomic E-state index is -0.966. The molecule has 1 aliphatic heterocycles. The van der Waals surface area contributed by atoms with Crippen molar-refractivity contribution in [2.75, 3.05) is 13.2 Å². The largest absolute Gasteiger partial charge is 0.493 e. The average molecular weight is 354 g/mol. The van der Waals surface area contributed by atoms with Crippen LogP contribution in [0.1, 0.15) is 54.2 Å². The molecule has 1 unspecified atom stereocenters. The quantitative estimate of drug-likeness (QED) is 0.829. The van der Waals surface area contributed by atoms with Gasteiger partial charge in [-0.2, -0.15) is 0 Å². The molecule has 2 aliphatic rings. The Morgan fingerprint density at radius 3 is 2.65 bits per heavy atom. The van der Waals surface area contributed by atoms with Crippen molar-refractivity contribution in [3.8, 4) is 5.75 Å². The van der Waals surface area contributed by atoms with Crippen molar-refractivity contribution < 1.29 is 9.13 Å². The zero-order chi connectivity index (χ0) is 18.1. The van der Waals surface area contributed by atoms with Crippen molar-refractivity contribution in [1.29, 1.82) is 0 Å². The van der Waals surface area contributed by atoms with Gasteiger partial charge in [0.2, 0.25) is 0 Å². The van der Waals surface area contributed by atoms with Crippen LogP contribution in [-0.4, -0.2) is 18.1 Å². The molecule has 4 heteroatoms. The Balaban J connectivity index is 1.42. The molecule has 0 aromatic heterocycles. The zero-order valence-electron chi connectivity index (χ0n) is 15.3. The molecule has 0 radical (unpaired) electrons. The van der Waals surface area contributed by atoms with E-state index in [1.807, 2.05) is 25.1 Å². The Labute approximate surface area is 155 Å². The Kier molecular flexibility index (Phi) is 4.96. The van der Waals surface area contributed by atoms with E-state index >= 15 is 0 Å². The SMILES string of the molecule is CC(N)c1ccc(CN2Cc3ccc(OCC4CC4)cc3[C@H](F)C2)cc1. The van der Waals surface area contributed by atoms with E-state index in [-0.39, 0.29) is 6.04 Å². The molecule has 1 aliphatic carbocycles. The van der Waals surface area contributed by atoms with Gasteiger partial charge >= 0.3 is 0 Å². The maximum Gasteiger partial charge on any atom is 0.138 e. The smallest absolute Gasteiger partial charge is 0.138 e. The minimum absolute atomic E-state index is 0.0393. The van der Waals surface area contributed by atoms with Gasteiger partial charge in [-0.05, 0) is 60.1 Å². The molecule has 0 spiro atoms. The number of nitrogens with two attached hydrogens (primary N) is 1. The van der Waals surface area contributed by atoms with E-state index < -0.39 is 6.17 Å². The molecule has 1 heterocycles. The van der Waals surface area contributed by atoms with E-state index in [1.54, 1.807) is 0 Å². The van der Waals surface area contributed by atoms with E-state index in [0.29, 0.717) is 12.5 Å². The summed E-state index contributed by atoms with van der Waals surface area (Å²) in [5, 5.41) is 0. The number of rotatable bonds is 6. The Morgan fingerprint density at radius 2 is 1.96 bits per heavy atom. The lowest BCUT2D eigenvalue weighted by Gasteiger charge is -2.31. The van der Waals surface area contributed by atoms with Gasteiger partial charge in [-0.25, -0.2) is 4.39 Å². The maximum absolute atomic E-state index is 14.8. The van der Waals surface area contributed by atoms with Gasteiger partial charge < -0.3 is 10.5 Å². The minimum Gasteiger partial charge on any atom is -0.493 e. The van der Waals surface area contributed by atoms with E-state index in [0.717, 1.165) is 42.1 Å². The van der Waals surface area contributed by atoms with Crippen molar-refractivity contribution in [2.24, 2.45) is 11.7 Å². The van der Waals surface area contributed by atoms with Crippen molar-refractivity contribution in [1.82, 2.24) is 4.90 Å². The average Bonchev–Trinajstić information content (AvgIpc) is 3.45. The summed E-state index contributed by atoms with van der Waals surface area (Å²) in [6, 6.07) is 14.3. The van der Waals surface area contributed by atoms with Gasteiger partial charge in [0.25, 0.3) is 0 Å². The molecule has 1 saturated carbocycles. The number of hydrogen-bond acceptors (Lipinski definition) is 3. The predicted molar refractivity (Wildman–Crippen MR) is 102 cm³/mol. The monoisotopic (exact) mass is 354 g/mol. The van der Waals surface area contributed by atoms with Crippen LogP contribution in [0.15, 0.2) is 42.5 Å². The summed E-state index contributed by atoms with van der Waals surface area (Å²) in [4.78, 5) is 2.17. The fourth-order valence-electron chi connectivity index (χ4n) is 3.53. The summed E-state index contributed by atoms with van der Waals surface area (Å²) in [5.41, 5.74) is 10.1. The second-order valence-electron chi connectivity index (χ2n) is 7.78. The third-order valence-electron chi connectivity index (χ3n) is 5.36. The second kappa shape index (κ2) is 7.37. The first-order chi connectivity index (χ1) is 12.6. The van der Waals surface area contributed by atoms with Crippen LogP contribution in [0.3, 0.4) is 0 Å². The van der Waals surface area contributed by atoms with E-state index in [9.17, 15) is 4.39 Å². The van der Waals surface area contributed by atoms with Crippen LogP contribution >= 0.6 is 0 Å². The van der Waals surface area contributed by atoms with Crippen LogP contribution in [-0.2, 0) is 13.1 Å². The van der Waals surface area contributed by atoms with Crippen molar-refractivity contribution >= 4 is 0 Å². The van der Waals surface area contributed by atoms with Crippen LogP contribution in [0, 0.1) is 5.92 Å². The summed E-state index contributed by atoms with van der Waals surface area (Å²) in [7, 11) is 0. The lowest BCUT2D eigenvalue weighted by Crippen LogP contribution is -2.31. The molecule has 0 amide bonds. The number of alkyl halides is 1. The lowest BCUT2D eigenvalue weighted by molar-refractivity contribution is 0.158. The van der Waals surface area contributed by atoms with Crippen LogP contribution in [0.5, 0.6) is 5.75 Å². The fourth-order valence-corrected chi connectivity index (χ4v) is 3.53. The van der Waals surface area contributed by atoms with Gasteiger partial charge in [-0.1, -0.05) is 30.3 Å². The zero-order valence-corrected chi connectivity index (χ0v) is 15.3. The van der Waals surface area contributed by atoms with Gasteiger partial charge in [-0.15, -0.1) is 0 Å². The molecule has 0 bridgehead atoms. The summed E-state index contributed by atoms with van der Waals surface area (Å²) in [6.07, 6.45) is 1.56. The Morgan fingerprint density at radius 1 is 1.19 bits per heavy atom. The predicted octanol–water partition coefficient (Wildman–Crippen LogP) is 4.52. The lowest BCUT2D eigenvalue weighted by atomic mass is 9.97. The normalized spacial score (nSPS) is 21.3. The second-order valence-corrected chi connectivity index (χ2v) is 7.78. The highest BCUT2D eigenvalue weighted by atomic mass is 19.1. The van der Waals surface area contributed by atoms with Crippen molar-refractivity contribution in [2.45, 2.75) is 45.1 Å². The highest BCUT2D eigenvalue weighted by Gasteiger charge is 2.26. The maximum atomic E-state index is 14.8. The Hall–Kier alpha value is -1.91. The fraction of sp³-hybridized carbons (Fsp3) is 0.455. The number of benzene rings is 2. The molecule has 26 heavy (non-hydrogen) atoms. The molecule has 2 atom stereocenters. The number of hydrogen-bond donors (Lipinski definition) is 1. The van der Waals surface area contributed by atoms with Crippen LogP contribution in [0.2, 0.25) is 0 Å². The van der Waals surface area contributed by atoms with Gasteiger partial charge in [0, 0.05) is 25.7 Å². The van der Waals surface area contributed by atoms with Gasteiger partial charge in [0.1, 0.15) is 11.9 Å². The first-order valence-electron chi connectivity index (χ1n) is 9.55. The van der Waals surface area contributed by atoms with Crippen LogP contribution in [0.4, 0.5) is 4.39 Å². The van der Waals surface area contributed by atoms with E-state index in [1.165, 1.54) is 18.4 Å². The first kappa shape index (κ1) is 17.5. The van der Waals surface area contributed by atoms with Crippen molar-refractivity contribution in [3.05, 3.63) is 64.7 Å². The molecule has 3 nitrogen and oxygen atoms in total. The molecule has 2 aromatic rings. The first-order valence-corrected chi connectivity index (χ1v) is 9.55. The van der Waals surface area contributed by atoms with Gasteiger partial charge in [0.15, 0.2) is 0 Å². The number of halogens is 1. The molecular formula is C22H27FN2O. The third-order valence-corrected chi connectivity index (χ3v) is 5.36. The standard InChI is InChI=1S/C22H27FN2O/c1-15(24)18-6-4-16(5-7-18)11-25-12-19-8-9-20(26-14-17-2-3-17)10-21(19)22(23)13-25/h4-10,15,17,22H,2-3,11-14,24H2,1H3/t15?,22-/m1/s1. The highest BCUT2D eigenvalue weighted by molar-refractivity contribution is 5.39. The number of fused-ring (bicyclic) bond motifs is 1. The molecule has 4 rings (SSSR count). The molecule has 1 fully saturated rings. The molecule has 2 N–H and O–H groups in total. The summed E-state index contributed by atoms with van der Waals surface area (Å²) < 4.78 is 20.6. The summed E-state index contributed by atoms with van der Waals surface area (Å²) >= 11 is 0. The summed E-state index contributed by atoms with van der Waals surface area (Å²) in [5.74, 6) is 1.51. The molecule has 2 aromatic carbocycles. The van der Waals surface area contributed by atoms with Crippen molar-refractivity contribution in [3.63, 3.8) is 0 Å². The molecular weight excluding hydrogens is 327 g/mol. The number of ether oxygens (including phenoxy) is 1. The van der Waals surface area contributed by atoms with Gasteiger partial charge in [-0.3, -0.25) is 4.90 Å². The highest BCUT2D eigenvalue weighted by Crippen LogP contribution is 2.34.